The molecule has 178 valence electrons. The number of piperazine rings is 1. The van der Waals surface area contributed by atoms with Gasteiger partial charge in [0.1, 0.15) is 18.8 Å². The number of rotatable bonds is 8. The Morgan fingerprint density at radius 3 is 1.90 bits per heavy atom. The van der Waals surface area contributed by atoms with Crippen molar-refractivity contribution in [2.24, 2.45) is 11.8 Å². The third kappa shape index (κ3) is 8.65. The molecule has 1 aliphatic heterocycles. The second kappa shape index (κ2) is 12.2. The molecule has 2 fully saturated rings. The van der Waals surface area contributed by atoms with Crippen molar-refractivity contribution in [3.05, 3.63) is 0 Å². The Bertz CT molecular complexity index is 597. The fourth-order valence-corrected chi connectivity index (χ4v) is 3.89. The SMILES string of the molecule is COCCOC(=O)C1CCCCC1C(=O)OCCN1CCN(C(=O)OC(C)(C)C)CC1. The largest absolute Gasteiger partial charge is 0.464 e. The van der Waals surface area contributed by atoms with Crippen molar-refractivity contribution < 1.29 is 33.3 Å². The highest BCUT2D eigenvalue weighted by atomic mass is 16.6. The summed E-state index contributed by atoms with van der Waals surface area (Å²) >= 11 is 0. The topological polar surface area (TPSA) is 94.6 Å². The smallest absolute Gasteiger partial charge is 0.410 e. The fraction of sp³-hybridized carbons (Fsp3) is 0.864. The van der Waals surface area contributed by atoms with Crippen molar-refractivity contribution in [3.8, 4) is 0 Å². The lowest BCUT2D eigenvalue weighted by Crippen LogP contribution is -2.50. The summed E-state index contributed by atoms with van der Waals surface area (Å²) in [4.78, 5) is 41.0. The van der Waals surface area contributed by atoms with E-state index >= 15 is 0 Å². The van der Waals surface area contributed by atoms with Gasteiger partial charge in [-0.05, 0) is 33.6 Å². The van der Waals surface area contributed by atoms with Crippen LogP contribution >= 0.6 is 0 Å². The number of nitrogens with zero attached hydrogens (tertiary/aromatic N) is 2. The van der Waals surface area contributed by atoms with E-state index in [0.717, 1.165) is 12.8 Å². The molecule has 1 heterocycles. The molecule has 1 saturated carbocycles. The monoisotopic (exact) mass is 442 g/mol. The zero-order valence-electron chi connectivity index (χ0n) is 19.4. The molecular weight excluding hydrogens is 404 g/mol. The van der Waals surface area contributed by atoms with Crippen LogP contribution in [-0.2, 0) is 28.5 Å². The van der Waals surface area contributed by atoms with Crippen LogP contribution in [0.5, 0.6) is 0 Å². The molecule has 1 saturated heterocycles. The van der Waals surface area contributed by atoms with Crippen LogP contribution < -0.4 is 0 Å². The average molecular weight is 443 g/mol. The molecule has 31 heavy (non-hydrogen) atoms. The van der Waals surface area contributed by atoms with Crippen LogP contribution in [0.3, 0.4) is 0 Å². The zero-order chi connectivity index (χ0) is 22.9. The molecule has 0 aromatic heterocycles. The molecule has 0 N–H and O–H groups in total. The van der Waals surface area contributed by atoms with Gasteiger partial charge in [-0.1, -0.05) is 12.8 Å². The molecule has 0 aromatic rings. The van der Waals surface area contributed by atoms with E-state index in [9.17, 15) is 14.4 Å². The Labute approximate surface area is 185 Å². The van der Waals surface area contributed by atoms with Gasteiger partial charge in [0, 0.05) is 39.8 Å². The number of carbonyl (C=O) groups is 3. The summed E-state index contributed by atoms with van der Waals surface area (Å²) in [7, 11) is 1.55. The minimum Gasteiger partial charge on any atom is -0.464 e. The van der Waals surface area contributed by atoms with Crippen LogP contribution in [0.4, 0.5) is 4.79 Å². The fourth-order valence-electron chi connectivity index (χ4n) is 3.89. The second-order valence-electron chi connectivity index (χ2n) is 9.13. The van der Waals surface area contributed by atoms with Gasteiger partial charge in [-0.25, -0.2) is 4.79 Å². The summed E-state index contributed by atoms with van der Waals surface area (Å²) in [6.45, 7) is 9.54. The van der Waals surface area contributed by atoms with Crippen molar-refractivity contribution in [3.63, 3.8) is 0 Å². The zero-order valence-corrected chi connectivity index (χ0v) is 19.4. The molecule has 1 amide bonds. The molecule has 0 radical (unpaired) electrons. The van der Waals surface area contributed by atoms with E-state index < -0.39 is 17.4 Å². The first-order valence-electron chi connectivity index (χ1n) is 11.2. The lowest BCUT2D eigenvalue weighted by atomic mass is 9.79. The van der Waals surface area contributed by atoms with Crippen LogP contribution in [0, 0.1) is 11.8 Å². The van der Waals surface area contributed by atoms with Gasteiger partial charge in [0.25, 0.3) is 0 Å². The molecule has 2 atom stereocenters. The van der Waals surface area contributed by atoms with Crippen molar-refractivity contribution in [2.75, 3.05) is 59.7 Å². The van der Waals surface area contributed by atoms with Gasteiger partial charge < -0.3 is 23.8 Å². The van der Waals surface area contributed by atoms with Gasteiger partial charge in [0.05, 0.1) is 18.4 Å². The molecule has 0 bridgehead atoms. The number of ether oxygens (including phenoxy) is 4. The Kier molecular flexibility index (Phi) is 10.0. The molecule has 0 aromatic carbocycles. The first-order valence-corrected chi connectivity index (χ1v) is 11.2. The highest BCUT2D eigenvalue weighted by molar-refractivity contribution is 5.82. The maximum Gasteiger partial charge on any atom is 0.410 e. The Hall–Kier alpha value is -1.87. The molecular formula is C22H38N2O7. The van der Waals surface area contributed by atoms with Gasteiger partial charge in [0.2, 0.25) is 0 Å². The minimum absolute atomic E-state index is 0.197. The van der Waals surface area contributed by atoms with Gasteiger partial charge in [-0.3, -0.25) is 14.5 Å². The third-order valence-corrected chi connectivity index (χ3v) is 5.58. The molecule has 2 aliphatic rings. The van der Waals surface area contributed by atoms with E-state index in [1.165, 1.54) is 0 Å². The molecule has 2 rings (SSSR count). The number of amides is 1. The number of methoxy groups -OCH3 is 1. The predicted octanol–water partition coefficient (Wildman–Crippen LogP) is 2.08. The molecule has 9 nitrogen and oxygen atoms in total. The van der Waals surface area contributed by atoms with Crippen molar-refractivity contribution in [2.45, 2.75) is 52.1 Å². The lowest BCUT2D eigenvalue weighted by molar-refractivity contribution is -0.163. The average Bonchev–Trinajstić information content (AvgIpc) is 2.73. The highest BCUT2D eigenvalue weighted by Crippen LogP contribution is 2.32. The number of hydrogen-bond donors (Lipinski definition) is 0. The van der Waals surface area contributed by atoms with Crippen LogP contribution in [0.15, 0.2) is 0 Å². The molecule has 1 aliphatic carbocycles. The summed E-state index contributed by atoms with van der Waals surface area (Å²) in [5, 5.41) is 0. The second-order valence-corrected chi connectivity index (χ2v) is 9.13. The highest BCUT2D eigenvalue weighted by Gasteiger charge is 2.38. The summed E-state index contributed by atoms with van der Waals surface area (Å²) in [6, 6.07) is 0. The first-order chi connectivity index (χ1) is 14.7. The normalized spacial score (nSPS) is 22.6. The first kappa shape index (κ1) is 25.4. The van der Waals surface area contributed by atoms with Gasteiger partial charge in [0.15, 0.2) is 0 Å². The van der Waals surface area contributed by atoms with E-state index in [1.54, 1.807) is 12.0 Å². The van der Waals surface area contributed by atoms with E-state index in [2.05, 4.69) is 4.90 Å². The number of hydrogen-bond acceptors (Lipinski definition) is 8. The van der Waals surface area contributed by atoms with Gasteiger partial charge in [-0.2, -0.15) is 0 Å². The van der Waals surface area contributed by atoms with E-state index in [0.29, 0.717) is 52.2 Å². The van der Waals surface area contributed by atoms with Crippen LogP contribution in [0.1, 0.15) is 46.5 Å². The van der Waals surface area contributed by atoms with Crippen LogP contribution in [0.2, 0.25) is 0 Å². The predicted molar refractivity (Wildman–Crippen MR) is 113 cm³/mol. The standard InChI is InChI=1S/C22H38N2O7/c1-22(2,3)31-21(27)24-11-9-23(10-12-24)13-14-29-19(25)17-7-5-6-8-18(17)20(26)30-16-15-28-4/h17-18H,5-16H2,1-4H3. The van der Waals surface area contributed by atoms with Crippen molar-refractivity contribution in [1.29, 1.82) is 0 Å². The molecule has 2 unspecified atom stereocenters. The summed E-state index contributed by atoms with van der Waals surface area (Å²) in [5.74, 6) is -1.53. The van der Waals surface area contributed by atoms with Crippen LogP contribution in [0.25, 0.3) is 0 Å². The molecule has 9 heteroatoms. The van der Waals surface area contributed by atoms with Crippen molar-refractivity contribution in [1.82, 2.24) is 9.80 Å². The molecule has 0 spiro atoms. The quantitative estimate of drug-likeness (QED) is 0.320. The number of esters is 2. The lowest BCUT2D eigenvalue weighted by Gasteiger charge is -2.35. The Morgan fingerprint density at radius 1 is 0.839 bits per heavy atom. The summed E-state index contributed by atoms with van der Waals surface area (Å²) < 4.78 is 21.1. The van der Waals surface area contributed by atoms with Crippen molar-refractivity contribution >= 4 is 18.0 Å². The summed E-state index contributed by atoms with van der Waals surface area (Å²) in [6.07, 6.45) is 2.83. The maximum atomic E-state index is 12.6. The maximum absolute atomic E-state index is 12.6. The Morgan fingerprint density at radius 2 is 1.39 bits per heavy atom. The third-order valence-electron chi connectivity index (χ3n) is 5.58. The van der Waals surface area contributed by atoms with E-state index in [-0.39, 0.29) is 31.2 Å². The van der Waals surface area contributed by atoms with Gasteiger partial charge >= 0.3 is 18.0 Å². The van der Waals surface area contributed by atoms with Crippen LogP contribution in [-0.4, -0.2) is 93.1 Å². The minimum atomic E-state index is -0.504. The van der Waals surface area contributed by atoms with Gasteiger partial charge in [-0.15, -0.1) is 0 Å². The Balaban J connectivity index is 1.71. The number of carbonyl (C=O) groups excluding carboxylic acids is 3. The van der Waals surface area contributed by atoms with E-state index in [1.807, 2.05) is 20.8 Å². The summed E-state index contributed by atoms with van der Waals surface area (Å²) in [5.41, 5.74) is -0.504. The van der Waals surface area contributed by atoms with E-state index in [4.69, 9.17) is 18.9 Å².